The molecule has 4 heteroatoms. The second-order valence-electron chi connectivity index (χ2n) is 4.47. The number of hydrogen-bond donors (Lipinski definition) is 3. The molecule has 3 N–H and O–H groups in total. The van der Waals surface area contributed by atoms with Gasteiger partial charge in [0.1, 0.15) is 0 Å². The minimum atomic E-state index is 0.150. The molecule has 0 radical (unpaired) electrons. The zero-order valence-corrected chi connectivity index (χ0v) is 10.8. The summed E-state index contributed by atoms with van der Waals surface area (Å²) in [7, 11) is 0. The summed E-state index contributed by atoms with van der Waals surface area (Å²) < 4.78 is 0. The van der Waals surface area contributed by atoms with Gasteiger partial charge in [0.05, 0.1) is 18.5 Å². The molecule has 0 aliphatic heterocycles. The van der Waals surface area contributed by atoms with E-state index in [1.165, 1.54) is 11.1 Å². The zero-order valence-electron chi connectivity index (χ0n) is 10.8. The molecule has 0 aliphatic carbocycles. The van der Waals surface area contributed by atoms with E-state index in [2.05, 4.69) is 47.6 Å². The molecular formula is C14H19N3O. The van der Waals surface area contributed by atoms with Crippen molar-refractivity contribution in [3.63, 3.8) is 0 Å². The van der Waals surface area contributed by atoms with E-state index in [1.54, 1.807) is 0 Å². The van der Waals surface area contributed by atoms with E-state index in [1.807, 2.05) is 6.20 Å². The predicted octanol–water partition coefficient (Wildman–Crippen LogP) is 1.78. The molecule has 0 fully saturated rings. The maximum Gasteiger partial charge on any atom is 0.0695 e. The molecule has 2 rings (SSSR count). The van der Waals surface area contributed by atoms with Crippen molar-refractivity contribution in [2.45, 2.75) is 20.4 Å². The van der Waals surface area contributed by atoms with Crippen LogP contribution in [0.15, 0.2) is 24.4 Å². The van der Waals surface area contributed by atoms with E-state index in [9.17, 15) is 0 Å². The van der Waals surface area contributed by atoms with Crippen LogP contribution in [0.25, 0.3) is 11.3 Å². The van der Waals surface area contributed by atoms with Crippen LogP contribution in [-0.4, -0.2) is 28.5 Å². The number of aryl methyl sites for hydroxylation is 2. The van der Waals surface area contributed by atoms with Crippen LogP contribution in [0.3, 0.4) is 0 Å². The van der Waals surface area contributed by atoms with Gasteiger partial charge in [0.25, 0.3) is 0 Å². The average molecular weight is 245 g/mol. The van der Waals surface area contributed by atoms with Gasteiger partial charge in [0.15, 0.2) is 0 Å². The van der Waals surface area contributed by atoms with Crippen LogP contribution in [0, 0.1) is 13.8 Å². The lowest BCUT2D eigenvalue weighted by Gasteiger charge is -2.07. The van der Waals surface area contributed by atoms with Crippen molar-refractivity contribution >= 4 is 0 Å². The Morgan fingerprint density at radius 3 is 2.83 bits per heavy atom. The van der Waals surface area contributed by atoms with E-state index >= 15 is 0 Å². The number of benzene rings is 1. The van der Waals surface area contributed by atoms with E-state index in [0.29, 0.717) is 13.1 Å². The lowest BCUT2D eigenvalue weighted by Crippen LogP contribution is -2.17. The molecule has 0 spiro atoms. The number of aromatic nitrogens is 2. The van der Waals surface area contributed by atoms with Crippen LogP contribution in [0.5, 0.6) is 0 Å². The number of aliphatic hydroxyl groups excluding tert-OH is 1. The quantitative estimate of drug-likeness (QED) is 0.704. The van der Waals surface area contributed by atoms with Crippen molar-refractivity contribution in [1.29, 1.82) is 0 Å². The third-order valence-electron chi connectivity index (χ3n) is 3.12. The highest BCUT2D eigenvalue weighted by molar-refractivity contribution is 5.64. The summed E-state index contributed by atoms with van der Waals surface area (Å²) in [5, 5.41) is 19.1. The Bertz CT molecular complexity index is 520. The molecular weight excluding hydrogens is 226 g/mol. The van der Waals surface area contributed by atoms with Crippen molar-refractivity contribution in [3.8, 4) is 11.3 Å². The van der Waals surface area contributed by atoms with Crippen LogP contribution >= 0.6 is 0 Å². The number of aromatic amines is 1. The summed E-state index contributed by atoms with van der Waals surface area (Å²) in [6.07, 6.45) is 1.83. The largest absolute Gasteiger partial charge is 0.395 e. The summed E-state index contributed by atoms with van der Waals surface area (Å²) in [6, 6.07) is 6.39. The van der Waals surface area contributed by atoms with Gasteiger partial charge >= 0.3 is 0 Å². The molecule has 0 atom stereocenters. The minimum Gasteiger partial charge on any atom is -0.395 e. The topological polar surface area (TPSA) is 60.9 Å². The fourth-order valence-electron chi connectivity index (χ4n) is 1.89. The second kappa shape index (κ2) is 5.80. The fraction of sp³-hybridized carbons (Fsp3) is 0.357. The Morgan fingerprint density at radius 2 is 2.11 bits per heavy atom. The van der Waals surface area contributed by atoms with Crippen molar-refractivity contribution < 1.29 is 5.11 Å². The van der Waals surface area contributed by atoms with Gasteiger partial charge in [-0.15, -0.1) is 0 Å². The highest BCUT2D eigenvalue weighted by atomic mass is 16.3. The molecule has 1 heterocycles. The number of nitrogens with one attached hydrogen (secondary N) is 2. The molecule has 1 aromatic carbocycles. The molecule has 2 aromatic rings. The number of H-pyrrole nitrogens is 1. The Balaban J connectivity index is 2.22. The summed E-state index contributed by atoms with van der Waals surface area (Å²) >= 11 is 0. The van der Waals surface area contributed by atoms with Crippen molar-refractivity contribution in [1.82, 2.24) is 15.5 Å². The van der Waals surface area contributed by atoms with E-state index < -0.39 is 0 Å². The maximum atomic E-state index is 8.76. The number of nitrogens with zero attached hydrogens (tertiary/aromatic N) is 1. The van der Waals surface area contributed by atoms with Gasteiger partial charge in [0.2, 0.25) is 0 Å². The van der Waals surface area contributed by atoms with Gasteiger partial charge in [-0.05, 0) is 31.0 Å². The van der Waals surface area contributed by atoms with Gasteiger partial charge in [0, 0.05) is 24.2 Å². The first kappa shape index (κ1) is 12.8. The van der Waals surface area contributed by atoms with Gasteiger partial charge < -0.3 is 10.4 Å². The predicted molar refractivity (Wildman–Crippen MR) is 72.3 cm³/mol. The Morgan fingerprint density at radius 1 is 1.28 bits per heavy atom. The average Bonchev–Trinajstić information content (AvgIpc) is 2.81. The summed E-state index contributed by atoms with van der Waals surface area (Å²) in [5.41, 5.74) is 5.88. The maximum absolute atomic E-state index is 8.76. The van der Waals surface area contributed by atoms with Gasteiger partial charge in [-0.25, -0.2) is 0 Å². The summed E-state index contributed by atoms with van der Waals surface area (Å²) in [4.78, 5) is 0. The molecule has 0 amide bonds. The van der Waals surface area contributed by atoms with Gasteiger partial charge in [-0.3, -0.25) is 5.10 Å². The van der Waals surface area contributed by atoms with Crippen molar-refractivity contribution in [3.05, 3.63) is 41.1 Å². The first-order valence-corrected chi connectivity index (χ1v) is 6.14. The standard InChI is InChI=1S/C14H19N3O/c1-10-3-4-12(7-11(10)2)14-13(9-16-17-14)8-15-5-6-18/h3-4,7,9,15,18H,5-6,8H2,1-2H3,(H,16,17). The van der Waals surface area contributed by atoms with Crippen LogP contribution in [0.4, 0.5) is 0 Å². The van der Waals surface area contributed by atoms with Gasteiger partial charge in [-0.1, -0.05) is 12.1 Å². The molecule has 18 heavy (non-hydrogen) atoms. The van der Waals surface area contributed by atoms with E-state index in [4.69, 9.17) is 5.11 Å². The van der Waals surface area contributed by atoms with E-state index in [-0.39, 0.29) is 6.61 Å². The number of aliphatic hydroxyl groups is 1. The molecule has 0 unspecified atom stereocenters. The Labute approximate surface area is 107 Å². The second-order valence-corrected chi connectivity index (χ2v) is 4.47. The van der Waals surface area contributed by atoms with Gasteiger partial charge in [-0.2, -0.15) is 5.10 Å². The summed E-state index contributed by atoms with van der Waals surface area (Å²) in [6.45, 7) is 5.67. The third kappa shape index (κ3) is 2.78. The Hall–Kier alpha value is -1.65. The SMILES string of the molecule is Cc1ccc(-c2[nH]ncc2CNCCO)cc1C. The van der Waals surface area contributed by atoms with Crippen LogP contribution in [0.2, 0.25) is 0 Å². The van der Waals surface area contributed by atoms with Crippen LogP contribution in [-0.2, 0) is 6.54 Å². The minimum absolute atomic E-state index is 0.150. The molecule has 96 valence electrons. The number of rotatable bonds is 5. The lowest BCUT2D eigenvalue weighted by atomic mass is 10.0. The molecule has 0 saturated carbocycles. The third-order valence-corrected chi connectivity index (χ3v) is 3.12. The smallest absolute Gasteiger partial charge is 0.0695 e. The molecule has 0 bridgehead atoms. The first-order valence-electron chi connectivity index (χ1n) is 6.14. The van der Waals surface area contributed by atoms with Crippen LogP contribution < -0.4 is 5.32 Å². The monoisotopic (exact) mass is 245 g/mol. The lowest BCUT2D eigenvalue weighted by molar-refractivity contribution is 0.292. The highest BCUT2D eigenvalue weighted by Gasteiger charge is 2.08. The fourth-order valence-corrected chi connectivity index (χ4v) is 1.89. The molecule has 4 nitrogen and oxygen atoms in total. The normalized spacial score (nSPS) is 10.8. The summed E-state index contributed by atoms with van der Waals surface area (Å²) in [5.74, 6) is 0. The molecule has 0 saturated heterocycles. The van der Waals surface area contributed by atoms with Crippen molar-refractivity contribution in [2.24, 2.45) is 0 Å². The molecule has 0 aliphatic rings. The highest BCUT2D eigenvalue weighted by Crippen LogP contribution is 2.23. The number of hydrogen-bond acceptors (Lipinski definition) is 3. The molecule has 1 aromatic heterocycles. The van der Waals surface area contributed by atoms with Crippen molar-refractivity contribution in [2.75, 3.05) is 13.2 Å². The van der Waals surface area contributed by atoms with Crippen LogP contribution in [0.1, 0.15) is 16.7 Å². The van der Waals surface area contributed by atoms with E-state index in [0.717, 1.165) is 16.8 Å². The zero-order chi connectivity index (χ0) is 13.0. The Kier molecular flexibility index (Phi) is 4.12. The first-order chi connectivity index (χ1) is 8.72.